The number of likely N-dealkylation sites (tertiary alicyclic amines) is 1. The summed E-state index contributed by atoms with van der Waals surface area (Å²) in [6, 6.07) is 0.0636. The van der Waals surface area contributed by atoms with E-state index >= 15 is 0 Å². The molecule has 2 rings (SSSR count). The largest absolute Gasteiger partial charge is 0.446 e. The minimum Gasteiger partial charge on any atom is -0.446 e. The van der Waals surface area contributed by atoms with Crippen molar-refractivity contribution in [2.24, 2.45) is 5.73 Å². The van der Waals surface area contributed by atoms with Gasteiger partial charge in [-0.3, -0.25) is 4.79 Å². The Hall–Kier alpha value is -1.34. The van der Waals surface area contributed by atoms with Crippen molar-refractivity contribution in [2.75, 3.05) is 26.4 Å². The number of nitrogens with one attached hydrogen (secondary N) is 1. The van der Waals surface area contributed by atoms with E-state index in [1.54, 1.807) is 4.90 Å². The summed E-state index contributed by atoms with van der Waals surface area (Å²) in [6.07, 6.45) is 5.44. The summed E-state index contributed by atoms with van der Waals surface area (Å²) in [5.41, 5.74) is 5.31. The molecule has 0 radical (unpaired) electrons. The Balaban J connectivity index is 1.69. The Kier molecular flexibility index (Phi) is 6.25. The van der Waals surface area contributed by atoms with Gasteiger partial charge in [-0.15, -0.1) is 0 Å². The molecular formula is C14H25N3O4. The molecule has 0 spiro atoms. The third-order valence-electron chi connectivity index (χ3n) is 4.09. The van der Waals surface area contributed by atoms with Crippen molar-refractivity contribution in [1.29, 1.82) is 0 Å². The molecule has 7 nitrogen and oxygen atoms in total. The van der Waals surface area contributed by atoms with Crippen LogP contribution in [0.3, 0.4) is 0 Å². The predicted molar refractivity (Wildman–Crippen MR) is 76.5 cm³/mol. The first-order valence-corrected chi connectivity index (χ1v) is 7.72. The zero-order chi connectivity index (χ0) is 15.1. The van der Waals surface area contributed by atoms with Crippen LogP contribution in [0.4, 0.5) is 4.79 Å². The molecule has 120 valence electrons. The fraction of sp³-hybridized carbons (Fsp3) is 0.857. The quantitative estimate of drug-likeness (QED) is 0.700. The molecule has 1 aliphatic carbocycles. The molecule has 1 atom stereocenters. The van der Waals surface area contributed by atoms with Gasteiger partial charge in [0, 0.05) is 6.54 Å². The molecule has 2 amide bonds. The molecule has 21 heavy (non-hydrogen) atoms. The fourth-order valence-corrected chi connectivity index (χ4v) is 2.99. The summed E-state index contributed by atoms with van der Waals surface area (Å²) in [4.78, 5) is 25.5. The van der Waals surface area contributed by atoms with Crippen LogP contribution in [0, 0.1) is 0 Å². The van der Waals surface area contributed by atoms with E-state index in [1.807, 2.05) is 0 Å². The minimum absolute atomic E-state index is 0.0117. The number of rotatable bonds is 6. The summed E-state index contributed by atoms with van der Waals surface area (Å²) >= 11 is 0. The highest BCUT2D eigenvalue weighted by Crippen LogP contribution is 2.21. The predicted octanol–water partition coefficient (Wildman–Crippen LogP) is 0.579. The fourth-order valence-electron chi connectivity index (χ4n) is 2.99. The lowest BCUT2D eigenvalue weighted by atomic mass is 10.2. The second kappa shape index (κ2) is 8.19. The van der Waals surface area contributed by atoms with Crippen molar-refractivity contribution in [3.05, 3.63) is 0 Å². The Morgan fingerprint density at radius 3 is 2.67 bits per heavy atom. The third-order valence-corrected chi connectivity index (χ3v) is 4.09. The molecule has 3 N–H and O–H groups in total. The average Bonchev–Trinajstić information content (AvgIpc) is 3.13. The number of nitrogens with zero attached hydrogens (tertiary/aromatic N) is 1. The number of hydrogen-bond donors (Lipinski definition) is 2. The van der Waals surface area contributed by atoms with Crippen LogP contribution in [0.1, 0.15) is 38.5 Å². The molecule has 0 aromatic heterocycles. The van der Waals surface area contributed by atoms with Gasteiger partial charge >= 0.3 is 6.09 Å². The van der Waals surface area contributed by atoms with Gasteiger partial charge in [-0.1, -0.05) is 0 Å². The maximum atomic E-state index is 12.1. The van der Waals surface area contributed by atoms with Gasteiger partial charge in [-0.05, 0) is 38.5 Å². The normalized spacial score (nSPS) is 22.5. The van der Waals surface area contributed by atoms with Crippen molar-refractivity contribution in [3.8, 4) is 0 Å². The third kappa shape index (κ3) is 4.86. The monoisotopic (exact) mass is 299 g/mol. The maximum absolute atomic E-state index is 12.1. The molecule has 1 saturated carbocycles. The Labute approximate surface area is 125 Å². The molecule has 0 aromatic rings. The molecule has 0 unspecified atom stereocenters. The van der Waals surface area contributed by atoms with Gasteiger partial charge < -0.3 is 25.4 Å². The van der Waals surface area contributed by atoms with Crippen molar-refractivity contribution in [1.82, 2.24) is 10.2 Å². The van der Waals surface area contributed by atoms with Crippen LogP contribution in [-0.4, -0.2) is 55.5 Å². The highest BCUT2D eigenvalue weighted by Gasteiger charge is 2.29. The molecule has 1 aliphatic heterocycles. The molecule has 0 bridgehead atoms. The number of alkyl carbamates (subject to hydrolysis) is 1. The van der Waals surface area contributed by atoms with E-state index in [2.05, 4.69) is 5.32 Å². The molecule has 1 saturated heterocycles. The van der Waals surface area contributed by atoms with Gasteiger partial charge in [-0.25, -0.2) is 4.79 Å². The molecule has 2 aliphatic rings. The molecule has 2 fully saturated rings. The van der Waals surface area contributed by atoms with Crippen molar-refractivity contribution >= 4 is 12.0 Å². The van der Waals surface area contributed by atoms with Crippen molar-refractivity contribution in [3.63, 3.8) is 0 Å². The van der Waals surface area contributed by atoms with Gasteiger partial charge in [0.15, 0.2) is 0 Å². The van der Waals surface area contributed by atoms with E-state index in [0.29, 0.717) is 13.2 Å². The zero-order valence-corrected chi connectivity index (χ0v) is 12.4. The number of nitrogens with two attached hydrogens (primary N) is 1. The van der Waals surface area contributed by atoms with Gasteiger partial charge in [0.2, 0.25) is 5.91 Å². The topological polar surface area (TPSA) is 93.9 Å². The first-order chi connectivity index (χ1) is 10.2. The molecule has 7 heteroatoms. The van der Waals surface area contributed by atoms with Crippen LogP contribution < -0.4 is 11.1 Å². The minimum atomic E-state index is -0.496. The smallest absolute Gasteiger partial charge is 0.407 e. The van der Waals surface area contributed by atoms with Crippen LogP contribution in [0.5, 0.6) is 0 Å². The Morgan fingerprint density at radius 1 is 1.19 bits per heavy atom. The van der Waals surface area contributed by atoms with Crippen LogP contribution in [0.15, 0.2) is 0 Å². The highest BCUT2D eigenvalue weighted by atomic mass is 16.6. The number of carbonyl (C=O) groups excluding carboxylic acids is 2. The SMILES string of the molecule is NCOC[C@@H]1CCCN1C(=O)CNC(=O)OC1CCCC1. The number of hydrogen-bond acceptors (Lipinski definition) is 5. The maximum Gasteiger partial charge on any atom is 0.407 e. The van der Waals surface area contributed by atoms with Crippen molar-refractivity contribution in [2.45, 2.75) is 50.7 Å². The van der Waals surface area contributed by atoms with E-state index < -0.39 is 6.09 Å². The van der Waals surface area contributed by atoms with Gasteiger partial charge in [-0.2, -0.15) is 0 Å². The lowest BCUT2D eigenvalue weighted by molar-refractivity contribution is -0.132. The van der Waals surface area contributed by atoms with Crippen molar-refractivity contribution < 1.29 is 19.1 Å². The van der Waals surface area contributed by atoms with E-state index in [1.165, 1.54) is 0 Å². The first-order valence-electron chi connectivity index (χ1n) is 7.72. The van der Waals surface area contributed by atoms with Gasteiger partial charge in [0.25, 0.3) is 0 Å². The van der Waals surface area contributed by atoms with Crippen LogP contribution in [-0.2, 0) is 14.3 Å². The summed E-state index contributed by atoms with van der Waals surface area (Å²) < 4.78 is 10.4. The van der Waals surface area contributed by atoms with Gasteiger partial charge in [0.05, 0.1) is 19.4 Å². The van der Waals surface area contributed by atoms with E-state index in [0.717, 1.165) is 38.5 Å². The van der Waals surface area contributed by atoms with E-state index in [4.69, 9.17) is 15.2 Å². The zero-order valence-electron chi connectivity index (χ0n) is 12.4. The summed E-state index contributed by atoms with van der Waals surface area (Å²) in [5, 5.41) is 2.54. The second-order valence-electron chi connectivity index (χ2n) is 5.59. The van der Waals surface area contributed by atoms with Crippen LogP contribution in [0.25, 0.3) is 0 Å². The molecule has 0 aromatic carbocycles. The van der Waals surface area contributed by atoms with E-state index in [-0.39, 0.29) is 31.3 Å². The van der Waals surface area contributed by atoms with Crippen LogP contribution >= 0.6 is 0 Å². The molecular weight excluding hydrogens is 274 g/mol. The number of ether oxygens (including phenoxy) is 2. The standard InChI is InChI=1S/C14H25N3O4/c15-10-20-9-11-4-3-7-17(11)13(18)8-16-14(19)21-12-5-1-2-6-12/h11-12H,1-10,15H2,(H,16,19)/t11-/m0/s1. The second-order valence-corrected chi connectivity index (χ2v) is 5.59. The Morgan fingerprint density at radius 2 is 1.95 bits per heavy atom. The number of amides is 2. The summed E-state index contributed by atoms with van der Waals surface area (Å²) in [7, 11) is 0. The van der Waals surface area contributed by atoms with Crippen LogP contribution in [0.2, 0.25) is 0 Å². The average molecular weight is 299 g/mol. The summed E-state index contributed by atoms with van der Waals surface area (Å²) in [6.45, 7) is 1.29. The Bertz CT molecular complexity index is 358. The first kappa shape index (κ1) is 16.0. The number of carbonyl (C=O) groups is 2. The van der Waals surface area contributed by atoms with Gasteiger partial charge in [0.1, 0.15) is 12.6 Å². The lowest BCUT2D eigenvalue weighted by Gasteiger charge is -2.24. The molecule has 1 heterocycles. The lowest BCUT2D eigenvalue weighted by Crippen LogP contribution is -2.44. The highest BCUT2D eigenvalue weighted by molar-refractivity contribution is 5.82. The summed E-state index contributed by atoms with van der Waals surface area (Å²) in [5.74, 6) is -0.0958. The van der Waals surface area contributed by atoms with E-state index in [9.17, 15) is 9.59 Å².